The van der Waals surface area contributed by atoms with Crippen LogP contribution in [0, 0.1) is 0 Å². The lowest BCUT2D eigenvalue weighted by Crippen LogP contribution is -2.32. The lowest BCUT2D eigenvalue weighted by atomic mass is 9.92. The molecule has 1 aliphatic heterocycles. The van der Waals surface area contributed by atoms with Gasteiger partial charge in [0.1, 0.15) is 5.75 Å². The van der Waals surface area contributed by atoms with Crippen LogP contribution in [0.2, 0.25) is 0 Å². The zero-order chi connectivity index (χ0) is 14.7. The largest absolute Gasteiger partial charge is 0.493 e. The number of fused-ring (bicyclic) bond motifs is 1. The van der Waals surface area contributed by atoms with Gasteiger partial charge < -0.3 is 10.1 Å². The van der Waals surface area contributed by atoms with Gasteiger partial charge in [-0.2, -0.15) is 0 Å². The summed E-state index contributed by atoms with van der Waals surface area (Å²) < 4.78 is 6.62. The van der Waals surface area contributed by atoms with Crippen LogP contribution in [0.5, 0.6) is 5.75 Å². The van der Waals surface area contributed by atoms with E-state index >= 15 is 0 Å². The summed E-state index contributed by atoms with van der Waals surface area (Å²) >= 11 is 3.44. The number of amides is 1. The van der Waals surface area contributed by atoms with E-state index < -0.39 is 0 Å². The SMILES string of the molecule is O=C(NCc1cccc(Br)c1)C1CCOc2ccccc21. The van der Waals surface area contributed by atoms with Crippen molar-refractivity contribution in [3.8, 4) is 5.75 Å². The van der Waals surface area contributed by atoms with Crippen LogP contribution in [0.1, 0.15) is 23.5 Å². The minimum atomic E-state index is -0.123. The third-order valence-electron chi connectivity index (χ3n) is 3.63. The number of benzene rings is 2. The molecule has 21 heavy (non-hydrogen) atoms. The molecule has 0 spiro atoms. The summed E-state index contributed by atoms with van der Waals surface area (Å²) in [5.41, 5.74) is 2.06. The van der Waals surface area contributed by atoms with Crippen molar-refractivity contribution in [2.75, 3.05) is 6.61 Å². The number of para-hydroxylation sites is 1. The first kappa shape index (κ1) is 14.1. The second-order valence-electron chi connectivity index (χ2n) is 5.08. The van der Waals surface area contributed by atoms with Crippen molar-refractivity contribution in [3.63, 3.8) is 0 Å². The molecule has 0 aliphatic carbocycles. The fraction of sp³-hybridized carbons (Fsp3) is 0.235. The molecule has 1 atom stereocenters. The first-order valence-electron chi connectivity index (χ1n) is 6.98. The highest BCUT2D eigenvalue weighted by atomic mass is 79.9. The first-order chi connectivity index (χ1) is 10.2. The Kier molecular flexibility index (Phi) is 4.25. The molecule has 1 aliphatic rings. The molecular formula is C17H16BrNO2. The van der Waals surface area contributed by atoms with E-state index in [0.717, 1.165) is 27.8 Å². The van der Waals surface area contributed by atoms with Crippen molar-refractivity contribution >= 4 is 21.8 Å². The number of carbonyl (C=O) groups is 1. The fourth-order valence-electron chi connectivity index (χ4n) is 2.57. The summed E-state index contributed by atoms with van der Waals surface area (Å²) in [5, 5.41) is 3.02. The first-order valence-corrected chi connectivity index (χ1v) is 7.77. The average Bonchev–Trinajstić information content (AvgIpc) is 2.52. The molecule has 2 aromatic rings. The van der Waals surface area contributed by atoms with E-state index in [0.29, 0.717) is 13.2 Å². The van der Waals surface area contributed by atoms with Crippen LogP contribution in [0.25, 0.3) is 0 Å². The number of carbonyl (C=O) groups excluding carboxylic acids is 1. The number of hydrogen-bond acceptors (Lipinski definition) is 2. The Morgan fingerprint density at radius 2 is 2.10 bits per heavy atom. The predicted molar refractivity (Wildman–Crippen MR) is 85.3 cm³/mol. The molecule has 1 heterocycles. The van der Waals surface area contributed by atoms with Crippen molar-refractivity contribution in [2.45, 2.75) is 18.9 Å². The number of halogens is 1. The molecule has 0 aromatic heterocycles. The van der Waals surface area contributed by atoms with Gasteiger partial charge >= 0.3 is 0 Å². The lowest BCUT2D eigenvalue weighted by Gasteiger charge is -2.25. The van der Waals surface area contributed by atoms with Crippen LogP contribution in [0.15, 0.2) is 53.0 Å². The highest BCUT2D eigenvalue weighted by molar-refractivity contribution is 9.10. The third-order valence-corrected chi connectivity index (χ3v) is 4.12. The molecule has 0 radical (unpaired) electrons. The molecule has 4 heteroatoms. The minimum absolute atomic E-state index is 0.0609. The maximum atomic E-state index is 12.4. The Bertz CT molecular complexity index is 657. The molecule has 1 unspecified atom stereocenters. The van der Waals surface area contributed by atoms with E-state index in [4.69, 9.17) is 4.74 Å². The Hall–Kier alpha value is -1.81. The molecule has 0 bridgehead atoms. The van der Waals surface area contributed by atoms with Crippen molar-refractivity contribution in [1.82, 2.24) is 5.32 Å². The summed E-state index contributed by atoms with van der Waals surface area (Å²) in [6.45, 7) is 1.13. The number of rotatable bonds is 3. The Balaban J connectivity index is 1.69. The lowest BCUT2D eigenvalue weighted by molar-refractivity contribution is -0.123. The third kappa shape index (κ3) is 3.27. The van der Waals surface area contributed by atoms with Crippen LogP contribution in [0.3, 0.4) is 0 Å². The van der Waals surface area contributed by atoms with E-state index in [1.54, 1.807) is 0 Å². The van der Waals surface area contributed by atoms with Gasteiger partial charge in [-0.25, -0.2) is 0 Å². The molecule has 2 aromatic carbocycles. The number of hydrogen-bond donors (Lipinski definition) is 1. The molecule has 0 saturated carbocycles. The van der Waals surface area contributed by atoms with Crippen molar-refractivity contribution in [2.24, 2.45) is 0 Å². The monoisotopic (exact) mass is 345 g/mol. The van der Waals surface area contributed by atoms with Gasteiger partial charge in [0.15, 0.2) is 0 Å². The van der Waals surface area contributed by atoms with Gasteiger partial charge in [0.25, 0.3) is 0 Å². The maximum absolute atomic E-state index is 12.4. The topological polar surface area (TPSA) is 38.3 Å². The maximum Gasteiger partial charge on any atom is 0.228 e. The average molecular weight is 346 g/mol. The Morgan fingerprint density at radius 1 is 1.24 bits per heavy atom. The van der Waals surface area contributed by atoms with E-state index in [-0.39, 0.29) is 11.8 Å². The van der Waals surface area contributed by atoms with Crippen LogP contribution >= 0.6 is 15.9 Å². The molecule has 108 valence electrons. The second-order valence-corrected chi connectivity index (χ2v) is 5.99. The summed E-state index contributed by atoms with van der Waals surface area (Å²) in [4.78, 5) is 12.4. The summed E-state index contributed by atoms with van der Waals surface area (Å²) in [7, 11) is 0. The van der Waals surface area contributed by atoms with E-state index in [1.807, 2.05) is 48.5 Å². The van der Waals surface area contributed by atoms with E-state index in [1.165, 1.54) is 0 Å². The quantitative estimate of drug-likeness (QED) is 0.922. The van der Waals surface area contributed by atoms with Crippen LogP contribution in [-0.2, 0) is 11.3 Å². The zero-order valence-corrected chi connectivity index (χ0v) is 13.1. The Labute approximate surface area is 132 Å². The summed E-state index contributed by atoms with van der Waals surface area (Å²) in [6.07, 6.45) is 0.724. The molecule has 0 fully saturated rings. The summed E-state index contributed by atoms with van der Waals surface area (Å²) in [6, 6.07) is 15.7. The molecule has 1 N–H and O–H groups in total. The van der Waals surface area contributed by atoms with E-state index in [9.17, 15) is 4.79 Å². The zero-order valence-electron chi connectivity index (χ0n) is 11.5. The molecule has 1 amide bonds. The smallest absolute Gasteiger partial charge is 0.228 e. The van der Waals surface area contributed by atoms with Crippen molar-refractivity contribution in [1.29, 1.82) is 0 Å². The van der Waals surface area contributed by atoms with Gasteiger partial charge in [-0.05, 0) is 30.2 Å². The van der Waals surface area contributed by atoms with Gasteiger partial charge in [-0.15, -0.1) is 0 Å². The Morgan fingerprint density at radius 3 is 2.95 bits per heavy atom. The van der Waals surface area contributed by atoms with Crippen LogP contribution in [-0.4, -0.2) is 12.5 Å². The molecular weight excluding hydrogens is 330 g/mol. The van der Waals surface area contributed by atoms with Gasteiger partial charge in [-0.1, -0.05) is 46.3 Å². The van der Waals surface area contributed by atoms with Gasteiger partial charge in [0, 0.05) is 16.6 Å². The second kappa shape index (κ2) is 6.31. The van der Waals surface area contributed by atoms with Crippen molar-refractivity contribution in [3.05, 3.63) is 64.1 Å². The van der Waals surface area contributed by atoms with Gasteiger partial charge in [-0.3, -0.25) is 4.79 Å². The molecule has 0 saturated heterocycles. The normalized spacial score (nSPS) is 16.7. The number of nitrogens with one attached hydrogen (secondary N) is 1. The highest BCUT2D eigenvalue weighted by Crippen LogP contribution is 2.33. The minimum Gasteiger partial charge on any atom is -0.493 e. The number of ether oxygens (including phenoxy) is 1. The van der Waals surface area contributed by atoms with Crippen LogP contribution < -0.4 is 10.1 Å². The van der Waals surface area contributed by atoms with E-state index in [2.05, 4.69) is 21.2 Å². The molecule has 3 rings (SSSR count). The predicted octanol–water partition coefficient (Wildman–Crippen LogP) is 3.63. The van der Waals surface area contributed by atoms with Gasteiger partial charge in [0.05, 0.1) is 12.5 Å². The summed E-state index contributed by atoms with van der Waals surface area (Å²) in [5.74, 6) is 0.763. The highest BCUT2D eigenvalue weighted by Gasteiger charge is 2.27. The molecule has 3 nitrogen and oxygen atoms in total. The standard InChI is InChI=1S/C17H16BrNO2/c18-13-5-3-4-12(10-13)11-19-17(20)15-8-9-21-16-7-2-1-6-14(15)16/h1-7,10,15H,8-9,11H2,(H,19,20). The van der Waals surface area contributed by atoms with Crippen LogP contribution in [0.4, 0.5) is 0 Å². The van der Waals surface area contributed by atoms with Gasteiger partial charge in [0.2, 0.25) is 5.91 Å². The van der Waals surface area contributed by atoms with Crippen molar-refractivity contribution < 1.29 is 9.53 Å². The fourth-order valence-corrected chi connectivity index (χ4v) is 3.02.